The van der Waals surface area contributed by atoms with Crippen LogP contribution in [-0.4, -0.2) is 35.7 Å². The Balaban J connectivity index is 1.92. The van der Waals surface area contributed by atoms with Crippen molar-refractivity contribution in [1.82, 2.24) is 15.8 Å². The number of rotatable bonds is 3. The van der Waals surface area contributed by atoms with E-state index in [-0.39, 0.29) is 12.3 Å². The number of carbonyl (C=O) groups excluding carboxylic acids is 2. The number of ether oxygens (including phenoxy) is 1. The third kappa shape index (κ3) is 4.16. The molecule has 7 heteroatoms. The quantitative estimate of drug-likeness (QED) is 0.629. The van der Waals surface area contributed by atoms with Crippen molar-refractivity contribution < 1.29 is 14.3 Å². The maximum absolute atomic E-state index is 11.6. The van der Waals surface area contributed by atoms with E-state index < -0.39 is 11.9 Å². The van der Waals surface area contributed by atoms with E-state index in [1.165, 1.54) is 12.1 Å². The van der Waals surface area contributed by atoms with E-state index in [0.29, 0.717) is 18.2 Å². The van der Waals surface area contributed by atoms with Crippen molar-refractivity contribution in [3.05, 3.63) is 35.9 Å². The number of nitrogens with zero attached hydrogens (tertiary/aromatic N) is 1. The van der Waals surface area contributed by atoms with Crippen molar-refractivity contribution in [2.45, 2.75) is 13.0 Å². The lowest BCUT2D eigenvalue weighted by Gasteiger charge is -2.33. The number of hydrazine groups is 1. The largest absolute Gasteiger partial charge is 0.469 e. The third-order valence-corrected chi connectivity index (χ3v) is 3.53. The summed E-state index contributed by atoms with van der Waals surface area (Å²) in [5, 5.41) is 4.91. The Morgan fingerprint density at radius 2 is 2.19 bits per heavy atom. The summed E-state index contributed by atoms with van der Waals surface area (Å²) in [6.07, 6.45) is 0.116. The minimum atomic E-state index is -0.500. The summed E-state index contributed by atoms with van der Waals surface area (Å²) in [6, 6.07) is 9.77. The van der Waals surface area contributed by atoms with E-state index >= 15 is 0 Å². The molecule has 1 atom stereocenters. The standard InChI is InChI=1S/C14H17N3O3S/c1-20-13(19)11-7-12(18)16-17(9-11)14(21)15-8-10-5-3-2-4-6-10/h2-6,11H,7-9H2,1H3,(H,15,21)(H,16,18). The van der Waals surface area contributed by atoms with Crippen LogP contribution >= 0.6 is 12.2 Å². The molecule has 112 valence electrons. The van der Waals surface area contributed by atoms with E-state index in [2.05, 4.69) is 15.5 Å². The summed E-state index contributed by atoms with van der Waals surface area (Å²) in [4.78, 5) is 23.2. The average Bonchev–Trinajstić information content (AvgIpc) is 2.52. The molecule has 0 bridgehead atoms. The van der Waals surface area contributed by atoms with E-state index in [9.17, 15) is 9.59 Å². The fraction of sp³-hybridized carbons (Fsp3) is 0.357. The summed E-state index contributed by atoms with van der Waals surface area (Å²) in [5.74, 6) is -1.15. The van der Waals surface area contributed by atoms with Gasteiger partial charge in [0.15, 0.2) is 5.11 Å². The lowest BCUT2D eigenvalue weighted by molar-refractivity contribution is -0.150. The molecular weight excluding hydrogens is 290 g/mol. The zero-order valence-electron chi connectivity index (χ0n) is 11.7. The zero-order valence-corrected chi connectivity index (χ0v) is 12.5. The van der Waals surface area contributed by atoms with Gasteiger partial charge in [0.25, 0.3) is 0 Å². The predicted molar refractivity (Wildman–Crippen MR) is 80.9 cm³/mol. The third-order valence-electron chi connectivity index (χ3n) is 3.16. The van der Waals surface area contributed by atoms with Gasteiger partial charge in [0.05, 0.1) is 19.6 Å². The molecular formula is C14H17N3O3S. The molecule has 1 aromatic rings. The SMILES string of the molecule is COC(=O)C1CC(=O)NN(C(=S)NCc2ccccc2)C1. The maximum Gasteiger partial charge on any atom is 0.311 e. The second kappa shape index (κ2) is 7.03. The topological polar surface area (TPSA) is 70.7 Å². The van der Waals surface area contributed by atoms with Gasteiger partial charge in [-0.3, -0.25) is 20.0 Å². The molecule has 0 spiro atoms. The molecule has 1 amide bonds. The number of amides is 1. The molecule has 0 saturated carbocycles. The van der Waals surface area contributed by atoms with Crippen LogP contribution < -0.4 is 10.7 Å². The van der Waals surface area contributed by atoms with Crippen LogP contribution in [0.4, 0.5) is 0 Å². The van der Waals surface area contributed by atoms with Gasteiger partial charge in [-0.25, -0.2) is 0 Å². The molecule has 1 unspecified atom stereocenters. The van der Waals surface area contributed by atoms with Crippen LogP contribution in [0.1, 0.15) is 12.0 Å². The van der Waals surface area contributed by atoms with Crippen LogP contribution in [0.2, 0.25) is 0 Å². The summed E-state index contributed by atoms with van der Waals surface area (Å²) in [6.45, 7) is 0.855. The minimum absolute atomic E-state index is 0.116. The highest BCUT2D eigenvalue weighted by Crippen LogP contribution is 2.12. The van der Waals surface area contributed by atoms with E-state index in [1.54, 1.807) is 0 Å². The second-order valence-corrected chi connectivity index (χ2v) is 5.10. The molecule has 6 nitrogen and oxygen atoms in total. The number of benzene rings is 1. The van der Waals surface area contributed by atoms with Gasteiger partial charge in [-0.15, -0.1) is 0 Å². The first-order valence-electron chi connectivity index (χ1n) is 6.56. The normalized spacial score (nSPS) is 17.9. The Kier molecular flexibility index (Phi) is 5.10. The van der Waals surface area contributed by atoms with Crippen molar-refractivity contribution in [2.24, 2.45) is 5.92 Å². The zero-order chi connectivity index (χ0) is 15.2. The lowest BCUT2D eigenvalue weighted by Crippen LogP contribution is -2.57. The van der Waals surface area contributed by atoms with E-state index in [1.807, 2.05) is 30.3 Å². The number of nitrogens with one attached hydrogen (secondary N) is 2. The van der Waals surface area contributed by atoms with Crippen molar-refractivity contribution in [1.29, 1.82) is 0 Å². The van der Waals surface area contributed by atoms with Crippen LogP contribution in [0, 0.1) is 5.92 Å². The Labute approximate surface area is 128 Å². The number of hydrogen-bond donors (Lipinski definition) is 2. The molecule has 1 aliphatic heterocycles. The first-order chi connectivity index (χ1) is 10.1. The van der Waals surface area contributed by atoms with E-state index in [4.69, 9.17) is 12.2 Å². The van der Waals surface area contributed by atoms with Crippen LogP contribution in [-0.2, 0) is 20.9 Å². The Hall–Kier alpha value is -2.15. The molecule has 0 radical (unpaired) electrons. The van der Waals surface area contributed by atoms with Crippen molar-refractivity contribution >= 4 is 29.2 Å². The van der Waals surface area contributed by atoms with E-state index in [0.717, 1.165) is 5.56 Å². The van der Waals surface area contributed by atoms with Crippen molar-refractivity contribution in [3.63, 3.8) is 0 Å². The Morgan fingerprint density at radius 1 is 1.48 bits per heavy atom. The molecule has 1 heterocycles. The second-order valence-electron chi connectivity index (χ2n) is 4.71. The first kappa shape index (κ1) is 15.2. The van der Waals surface area contributed by atoms with Gasteiger partial charge in [-0.1, -0.05) is 30.3 Å². The summed E-state index contributed by atoms with van der Waals surface area (Å²) < 4.78 is 4.69. The van der Waals surface area contributed by atoms with Gasteiger partial charge in [-0.2, -0.15) is 0 Å². The highest BCUT2D eigenvalue weighted by molar-refractivity contribution is 7.80. The van der Waals surface area contributed by atoms with Gasteiger partial charge < -0.3 is 10.1 Å². The maximum atomic E-state index is 11.6. The summed E-state index contributed by atoms with van der Waals surface area (Å²) in [5.41, 5.74) is 3.72. The summed E-state index contributed by atoms with van der Waals surface area (Å²) in [7, 11) is 1.31. The number of hydrogen-bond acceptors (Lipinski definition) is 4. The highest BCUT2D eigenvalue weighted by atomic mass is 32.1. The van der Waals surface area contributed by atoms with Gasteiger partial charge in [0, 0.05) is 13.0 Å². The van der Waals surface area contributed by atoms with Crippen LogP contribution in [0.3, 0.4) is 0 Å². The van der Waals surface area contributed by atoms with Crippen LogP contribution in [0.25, 0.3) is 0 Å². The van der Waals surface area contributed by atoms with Crippen molar-refractivity contribution in [3.8, 4) is 0 Å². The number of thiocarbonyl (C=S) groups is 1. The monoisotopic (exact) mass is 307 g/mol. The fourth-order valence-electron chi connectivity index (χ4n) is 2.08. The van der Waals surface area contributed by atoms with Crippen LogP contribution in [0.15, 0.2) is 30.3 Å². The first-order valence-corrected chi connectivity index (χ1v) is 6.97. The number of carbonyl (C=O) groups is 2. The molecule has 1 aliphatic rings. The molecule has 0 aliphatic carbocycles. The Bertz CT molecular complexity index is 536. The molecule has 21 heavy (non-hydrogen) atoms. The lowest BCUT2D eigenvalue weighted by atomic mass is 10.0. The molecule has 0 aromatic heterocycles. The average molecular weight is 307 g/mol. The van der Waals surface area contributed by atoms with Crippen LogP contribution in [0.5, 0.6) is 0 Å². The molecule has 1 aromatic carbocycles. The molecule has 1 fully saturated rings. The Morgan fingerprint density at radius 3 is 2.86 bits per heavy atom. The van der Waals surface area contributed by atoms with Gasteiger partial charge in [0.2, 0.25) is 5.91 Å². The minimum Gasteiger partial charge on any atom is -0.469 e. The molecule has 1 saturated heterocycles. The fourth-order valence-corrected chi connectivity index (χ4v) is 2.27. The molecule has 2 N–H and O–H groups in total. The summed E-state index contributed by atoms with van der Waals surface area (Å²) >= 11 is 5.25. The molecule has 2 rings (SSSR count). The highest BCUT2D eigenvalue weighted by Gasteiger charge is 2.32. The van der Waals surface area contributed by atoms with Gasteiger partial charge >= 0.3 is 5.97 Å². The number of esters is 1. The smallest absolute Gasteiger partial charge is 0.311 e. The van der Waals surface area contributed by atoms with Crippen molar-refractivity contribution in [2.75, 3.05) is 13.7 Å². The van der Waals surface area contributed by atoms with Gasteiger partial charge in [-0.05, 0) is 17.8 Å². The predicted octanol–water partition coefficient (Wildman–Crippen LogP) is 0.587. The number of methoxy groups -OCH3 is 1. The van der Waals surface area contributed by atoms with Gasteiger partial charge in [0.1, 0.15) is 0 Å².